The number of hydrogen-bond acceptors (Lipinski definition) is 3. The molecule has 0 saturated carbocycles. The van der Waals surface area contributed by atoms with E-state index < -0.39 is 0 Å². The van der Waals surface area contributed by atoms with Crippen LogP contribution in [0.1, 0.15) is 90.7 Å². The van der Waals surface area contributed by atoms with Crippen LogP contribution in [0.15, 0.2) is 239 Å². The van der Waals surface area contributed by atoms with Gasteiger partial charge in [-0.1, -0.05) is 170 Å². The highest BCUT2D eigenvalue weighted by atomic mass is 32.1. The van der Waals surface area contributed by atoms with Gasteiger partial charge in [0.15, 0.2) is 0 Å². The van der Waals surface area contributed by atoms with E-state index in [2.05, 4.69) is 280 Å². The maximum atomic E-state index is 6.25. The summed E-state index contributed by atoms with van der Waals surface area (Å²) in [5.41, 5.74) is 18.9. The number of aromatic nitrogens is 4. The number of hydrogen-bond donors (Lipinski definition) is 0. The van der Waals surface area contributed by atoms with Gasteiger partial charge < -0.3 is 27.1 Å². The summed E-state index contributed by atoms with van der Waals surface area (Å²) >= 11 is 1.92. The standard InChI is InChI=1S/C22H19N.C21H17NO.C21H17NS.C17H15NO/c1-14(2)23-19-10-6-5-9-18(19)22-20(23)12-11-16-13-15-7-3-4-8-17(15)21(16)22;1-13(2)22-17-9-5-3-8-16(17)20-18(22)12-11-15-14-7-4-6-10-19(14)23-21(15)20;1-13(2)22-18-9-5-3-7-14(18)16-11-12-17-15-8-4-6-10-19(15)23-21(17)20(16)22;1-11(2)18-14-9-5-3-7-12(14)16-13-8-4-6-10-15(13)19-17(16)18/h3-12,14H,13H2,1-2H3;2*3-13H,1-2H3;3-11H,1-2H3. The van der Waals surface area contributed by atoms with Crippen molar-refractivity contribution in [2.45, 2.75) is 86.0 Å². The van der Waals surface area contributed by atoms with E-state index >= 15 is 0 Å². The van der Waals surface area contributed by atoms with Crippen molar-refractivity contribution in [3.05, 3.63) is 242 Å². The lowest BCUT2D eigenvalue weighted by Crippen LogP contribution is -1.99. The topological polar surface area (TPSA) is 46.0 Å². The van der Waals surface area contributed by atoms with Crippen molar-refractivity contribution in [1.29, 1.82) is 0 Å². The van der Waals surface area contributed by atoms with Crippen molar-refractivity contribution >= 4 is 152 Å². The van der Waals surface area contributed by atoms with Crippen molar-refractivity contribution < 1.29 is 8.83 Å². The van der Waals surface area contributed by atoms with Gasteiger partial charge in [-0.15, -0.1) is 11.3 Å². The average molecular weight is 1160 g/mol. The van der Waals surface area contributed by atoms with Crippen LogP contribution in [0.4, 0.5) is 0 Å². The summed E-state index contributed by atoms with van der Waals surface area (Å²) in [6, 6.07) is 84.2. The molecule has 6 nitrogen and oxygen atoms in total. The van der Waals surface area contributed by atoms with E-state index in [0.717, 1.165) is 28.9 Å². The molecule has 18 aromatic rings. The SMILES string of the molecule is CC(C)n1c2ccccc2c2c3c(ccc21)Cc1ccccc1-3.CC(C)n1c2ccccc2c2c3ccccc3oc21.CC(C)n1c2ccccc2c2c3oc4ccccc4c3ccc21.CC(C)n1c2ccccc2c2ccc3c4ccccc4sc3c21. The second kappa shape index (κ2) is 21.0. The minimum atomic E-state index is 0.378. The molecular formula is C81H68N4O2S. The lowest BCUT2D eigenvalue weighted by molar-refractivity contribution is 0.564. The van der Waals surface area contributed by atoms with E-state index in [1.165, 1.54) is 140 Å². The summed E-state index contributed by atoms with van der Waals surface area (Å²) in [4.78, 5) is 0. The second-order valence-electron chi connectivity index (χ2n) is 24.9. The van der Waals surface area contributed by atoms with Crippen molar-refractivity contribution in [1.82, 2.24) is 18.3 Å². The van der Waals surface area contributed by atoms with Gasteiger partial charge in [-0.2, -0.15) is 0 Å². The molecule has 0 amide bonds. The molecule has 0 radical (unpaired) electrons. The lowest BCUT2D eigenvalue weighted by Gasteiger charge is -2.12. The molecule has 0 atom stereocenters. The van der Waals surface area contributed by atoms with Crippen LogP contribution in [0.25, 0.3) is 152 Å². The molecule has 0 fully saturated rings. The minimum absolute atomic E-state index is 0.378. The Balaban J connectivity index is 0.0000000948. The van der Waals surface area contributed by atoms with Crippen LogP contribution in [0.2, 0.25) is 0 Å². The summed E-state index contributed by atoms with van der Waals surface area (Å²) in [6.45, 7) is 17.9. The van der Waals surface area contributed by atoms with Crippen LogP contribution in [-0.2, 0) is 6.42 Å². The van der Waals surface area contributed by atoms with Crippen LogP contribution in [-0.4, -0.2) is 18.3 Å². The monoisotopic (exact) mass is 1160 g/mol. The van der Waals surface area contributed by atoms with Crippen LogP contribution < -0.4 is 0 Å². The third kappa shape index (κ3) is 8.20. The van der Waals surface area contributed by atoms with Gasteiger partial charge in [0.05, 0.1) is 32.0 Å². The van der Waals surface area contributed by atoms with Gasteiger partial charge in [0.25, 0.3) is 0 Å². The van der Waals surface area contributed by atoms with Gasteiger partial charge in [-0.25, -0.2) is 0 Å². The first-order valence-corrected chi connectivity index (χ1v) is 32.0. The van der Waals surface area contributed by atoms with E-state index in [1.807, 2.05) is 35.6 Å². The molecule has 0 bridgehead atoms. The molecule has 19 rings (SSSR count). The van der Waals surface area contributed by atoms with Crippen molar-refractivity contribution in [3.63, 3.8) is 0 Å². The molecule has 0 aliphatic heterocycles. The molecule has 7 aromatic heterocycles. The zero-order valence-electron chi connectivity index (χ0n) is 51.0. The Morgan fingerprint density at radius 3 is 1.44 bits per heavy atom. The number of fused-ring (bicyclic) bond motifs is 26. The number of furan rings is 2. The number of rotatable bonds is 4. The number of benzene rings is 11. The third-order valence-electron chi connectivity index (χ3n) is 18.4. The lowest BCUT2D eigenvalue weighted by atomic mass is 9.99. The molecule has 11 aromatic carbocycles. The first-order chi connectivity index (χ1) is 43.0. The fourth-order valence-corrected chi connectivity index (χ4v) is 16.1. The van der Waals surface area contributed by atoms with Gasteiger partial charge in [0, 0.05) is 110 Å². The van der Waals surface area contributed by atoms with Gasteiger partial charge >= 0.3 is 0 Å². The second-order valence-corrected chi connectivity index (χ2v) is 26.0. The van der Waals surface area contributed by atoms with E-state index in [9.17, 15) is 0 Å². The zero-order chi connectivity index (χ0) is 59.6. The molecule has 0 N–H and O–H groups in total. The molecule has 0 unspecified atom stereocenters. The highest BCUT2D eigenvalue weighted by molar-refractivity contribution is 7.26. The van der Waals surface area contributed by atoms with Crippen molar-refractivity contribution in [3.8, 4) is 11.1 Å². The summed E-state index contributed by atoms with van der Waals surface area (Å²) in [5.74, 6) is 0. The van der Waals surface area contributed by atoms with Gasteiger partial charge in [0.2, 0.25) is 5.71 Å². The Labute approximate surface area is 514 Å². The van der Waals surface area contributed by atoms with E-state index in [4.69, 9.17) is 8.83 Å². The molecule has 0 saturated heterocycles. The highest BCUT2D eigenvalue weighted by Crippen LogP contribution is 2.47. The van der Waals surface area contributed by atoms with Crippen LogP contribution >= 0.6 is 11.3 Å². The Hall–Kier alpha value is -9.82. The summed E-state index contributed by atoms with van der Waals surface area (Å²) < 4.78 is 24.8. The van der Waals surface area contributed by atoms with Crippen molar-refractivity contribution in [2.24, 2.45) is 0 Å². The Bertz CT molecular complexity index is 5760. The highest BCUT2D eigenvalue weighted by Gasteiger charge is 2.26. The Morgan fingerprint density at radius 2 is 0.784 bits per heavy atom. The fourth-order valence-electron chi connectivity index (χ4n) is 14.9. The van der Waals surface area contributed by atoms with Crippen LogP contribution in [0, 0.1) is 0 Å². The van der Waals surface area contributed by atoms with Gasteiger partial charge in [0.1, 0.15) is 16.7 Å². The molecule has 1 aliphatic carbocycles. The number of nitrogens with zero attached hydrogens (tertiary/aromatic N) is 4. The number of para-hydroxylation sites is 6. The van der Waals surface area contributed by atoms with Gasteiger partial charge in [-0.3, -0.25) is 0 Å². The summed E-state index contributed by atoms with van der Waals surface area (Å²) in [5, 5.41) is 16.9. The zero-order valence-corrected chi connectivity index (χ0v) is 51.8. The normalized spacial score (nSPS) is 12.5. The summed E-state index contributed by atoms with van der Waals surface area (Å²) in [7, 11) is 0. The van der Waals surface area contributed by atoms with E-state index in [-0.39, 0.29) is 0 Å². The first kappa shape index (κ1) is 53.6. The first-order valence-electron chi connectivity index (χ1n) is 31.2. The summed E-state index contributed by atoms with van der Waals surface area (Å²) in [6.07, 6.45) is 1.06. The molecule has 7 heterocycles. The predicted molar refractivity (Wildman–Crippen MR) is 377 cm³/mol. The molecule has 430 valence electrons. The quantitative estimate of drug-likeness (QED) is 0.176. The smallest absolute Gasteiger partial charge is 0.209 e. The Morgan fingerprint density at radius 1 is 0.318 bits per heavy atom. The van der Waals surface area contributed by atoms with Gasteiger partial charge in [-0.05, 0) is 145 Å². The molecule has 88 heavy (non-hydrogen) atoms. The largest absolute Gasteiger partial charge is 0.455 e. The molecule has 1 aliphatic rings. The van der Waals surface area contributed by atoms with Crippen LogP contribution in [0.5, 0.6) is 0 Å². The fraction of sp³-hybridized carbons (Fsp3) is 0.160. The predicted octanol–water partition coefficient (Wildman–Crippen LogP) is 24.1. The van der Waals surface area contributed by atoms with Crippen molar-refractivity contribution in [2.75, 3.05) is 0 Å². The van der Waals surface area contributed by atoms with E-state index in [0.29, 0.717) is 24.2 Å². The van der Waals surface area contributed by atoms with E-state index in [1.54, 1.807) is 0 Å². The molecular weight excluding hydrogens is 1090 g/mol. The Kier molecular flexibility index (Phi) is 12.8. The molecule has 7 heteroatoms. The average Bonchev–Trinajstić information content (AvgIpc) is 1.83. The third-order valence-corrected chi connectivity index (χ3v) is 19.6. The maximum absolute atomic E-state index is 6.25. The minimum Gasteiger partial charge on any atom is -0.455 e. The number of thiophene rings is 1. The van der Waals surface area contributed by atoms with Crippen LogP contribution in [0.3, 0.4) is 0 Å². The molecule has 0 spiro atoms. The maximum Gasteiger partial charge on any atom is 0.209 e.